The molecule has 0 amide bonds. The third-order valence-electron chi connectivity index (χ3n) is 4.13. The monoisotopic (exact) mass is 322 g/mol. The largest absolute Gasteiger partial charge is 0.489 e. The van der Waals surface area contributed by atoms with Gasteiger partial charge in [0.05, 0.1) is 12.2 Å². The van der Waals surface area contributed by atoms with Crippen molar-refractivity contribution in [2.75, 3.05) is 6.61 Å². The summed E-state index contributed by atoms with van der Waals surface area (Å²) in [5, 5.41) is 0. The zero-order valence-corrected chi connectivity index (χ0v) is 14.1. The Kier molecular flexibility index (Phi) is 4.99. The smallest absolute Gasteiger partial charge is 0.337 e. The molecule has 3 rings (SSSR count). The number of hydrogen-bond donors (Lipinski definition) is 0. The molecule has 0 spiro atoms. The Morgan fingerprint density at radius 2 is 1.83 bits per heavy atom. The molecule has 0 N–H and O–H groups in total. The topological polar surface area (TPSA) is 35.5 Å². The number of rotatable bonds is 5. The first-order valence-electron chi connectivity index (χ1n) is 8.35. The Bertz CT molecular complexity index is 729. The van der Waals surface area contributed by atoms with Gasteiger partial charge in [-0.2, -0.15) is 0 Å². The Balaban J connectivity index is 1.81. The van der Waals surface area contributed by atoms with E-state index in [1.165, 1.54) is 11.1 Å². The molecular formula is C21H22O3. The molecule has 3 nitrogen and oxygen atoms in total. The second-order valence-corrected chi connectivity index (χ2v) is 6.03. The zero-order chi connectivity index (χ0) is 16.9. The third-order valence-corrected chi connectivity index (χ3v) is 4.13. The van der Waals surface area contributed by atoms with Crippen LogP contribution in [0.3, 0.4) is 0 Å². The molecule has 1 aliphatic heterocycles. The first kappa shape index (κ1) is 16.3. The minimum Gasteiger partial charge on any atom is -0.489 e. The van der Waals surface area contributed by atoms with Crippen LogP contribution < -0.4 is 0 Å². The molecule has 0 saturated carbocycles. The normalized spacial score (nSPS) is 16.8. The maximum absolute atomic E-state index is 12.3. The van der Waals surface area contributed by atoms with E-state index < -0.39 is 0 Å². The van der Waals surface area contributed by atoms with Crippen molar-refractivity contribution in [3.63, 3.8) is 0 Å². The number of carbonyl (C=O) groups is 1. The van der Waals surface area contributed by atoms with Crippen LogP contribution in [0.1, 0.15) is 30.0 Å². The summed E-state index contributed by atoms with van der Waals surface area (Å²) in [6.45, 7) is 4.26. The van der Waals surface area contributed by atoms with Crippen molar-refractivity contribution in [3.8, 4) is 0 Å². The molecule has 1 aliphatic rings. The predicted octanol–water partition coefficient (Wildman–Crippen LogP) is 4.30. The zero-order valence-electron chi connectivity index (χ0n) is 14.1. The summed E-state index contributed by atoms with van der Waals surface area (Å²) < 4.78 is 11.4. The molecule has 0 aliphatic carbocycles. The molecule has 3 heteroatoms. The van der Waals surface area contributed by atoms with Gasteiger partial charge in [0.15, 0.2) is 0 Å². The number of esters is 1. The van der Waals surface area contributed by atoms with Crippen molar-refractivity contribution in [3.05, 3.63) is 76.9 Å². The van der Waals surface area contributed by atoms with E-state index in [0.29, 0.717) is 24.4 Å². The van der Waals surface area contributed by atoms with E-state index in [2.05, 4.69) is 31.2 Å². The van der Waals surface area contributed by atoms with Gasteiger partial charge in [-0.1, -0.05) is 60.2 Å². The molecule has 1 heterocycles. The van der Waals surface area contributed by atoms with Crippen LogP contribution in [0.2, 0.25) is 0 Å². The van der Waals surface area contributed by atoms with Crippen LogP contribution in [-0.4, -0.2) is 18.7 Å². The molecule has 0 aromatic heterocycles. The second-order valence-electron chi connectivity index (χ2n) is 6.03. The Labute approximate surface area is 142 Å². The van der Waals surface area contributed by atoms with Crippen LogP contribution in [0.4, 0.5) is 0 Å². The number of benzene rings is 2. The summed E-state index contributed by atoms with van der Waals surface area (Å²) in [5.74, 6) is 0.383. The van der Waals surface area contributed by atoms with Crippen molar-refractivity contribution in [2.45, 2.75) is 32.8 Å². The van der Waals surface area contributed by atoms with E-state index in [-0.39, 0.29) is 12.1 Å². The van der Waals surface area contributed by atoms with E-state index in [1.807, 2.05) is 37.3 Å². The maximum atomic E-state index is 12.3. The Morgan fingerprint density at radius 3 is 2.50 bits per heavy atom. The highest BCUT2D eigenvalue weighted by atomic mass is 16.5. The molecule has 0 fully saturated rings. The highest BCUT2D eigenvalue weighted by molar-refractivity contribution is 5.97. The van der Waals surface area contributed by atoms with Crippen molar-refractivity contribution in [1.29, 1.82) is 0 Å². The highest BCUT2D eigenvalue weighted by Crippen LogP contribution is 2.34. The third kappa shape index (κ3) is 3.67. The molecule has 1 atom stereocenters. The molecule has 2 aromatic carbocycles. The number of ether oxygens (including phenoxy) is 2. The maximum Gasteiger partial charge on any atom is 0.337 e. The first-order chi connectivity index (χ1) is 11.7. The minimum absolute atomic E-state index is 0.0395. The fraction of sp³-hybridized carbons (Fsp3) is 0.286. The summed E-state index contributed by atoms with van der Waals surface area (Å²) in [6, 6.07) is 18.2. The van der Waals surface area contributed by atoms with Crippen molar-refractivity contribution in [1.82, 2.24) is 0 Å². The fourth-order valence-electron chi connectivity index (χ4n) is 2.93. The average molecular weight is 322 g/mol. The molecule has 2 aromatic rings. The lowest BCUT2D eigenvalue weighted by molar-refractivity contribution is -0.138. The van der Waals surface area contributed by atoms with Crippen LogP contribution >= 0.6 is 0 Å². The summed E-state index contributed by atoms with van der Waals surface area (Å²) in [5.41, 5.74) is 4.01. The van der Waals surface area contributed by atoms with E-state index >= 15 is 0 Å². The Morgan fingerprint density at radius 1 is 1.12 bits per heavy atom. The lowest BCUT2D eigenvalue weighted by atomic mass is 10.0. The van der Waals surface area contributed by atoms with Gasteiger partial charge in [-0.25, -0.2) is 4.79 Å². The average Bonchev–Trinajstić information content (AvgIpc) is 3.02. The summed E-state index contributed by atoms with van der Waals surface area (Å²) in [4.78, 5) is 12.3. The SMILES string of the molecule is CCOC(=O)C1=C(c2ccccc2)OC(Cc2ccc(C)cc2)C1. The highest BCUT2D eigenvalue weighted by Gasteiger charge is 2.31. The van der Waals surface area contributed by atoms with Crippen molar-refractivity contribution >= 4 is 11.7 Å². The number of aryl methyl sites for hydroxylation is 1. The first-order valence-corrected chi connectivity index (χ1v) is 8.35. The van der Waals surface area contributed by atoms with Crippen LogP contribution in [0.25, 0.3) is 5.76 Å². The van der Waals surface area contributed by atoms with Gasteiger partial charge in [0, 0.05) is 18.4 Å². The molecule has 124 valence electrons. The quantitative estimate of drug-likeness (QED) is 0.770. The predicted molar refractivity (Wildman–Crippen MR) is 94.4 cm³/mol. The van der Waals surface area contributed by atoms with Gasteiger partial charge >= 0.3 is 5.97 Å². The van der Waals surface area contributed by atoms with Crippen LogP contribution in [0.5, 0.6) is 0 Å². The van der Waals surface area contributed by atoms with E-state index in [1.54, 1.807) is 0 Å². The van der Waals surface area contributed by atoms with Crippen molar-refractivity contribution in [2.24, 2.45) is 0 Å². The second kappa shape index (κ2) is 7.35. The summed E-state index contributed by atoms with van der Waals surface area (Å²) in [6.07, 6.45) is 1.32. The fourth-order valence-corrected chi connectivity index (χ4v) is 2.93. The van der Waals surface area contributed by atoms with Crippen LogP contribution in [-0.2, 0) is 20.7 Å². The molecule has 0 bridgehead atoms. The molecular weight excluding hydrogens is 300 g/mol. The minimum atomic E-state index is -0.275. The Hall–Kier alpha value is -2.55. The van der Waals surface area contributed by atoms with Crippen molar-refractivity contribution < 1.29 is 14.3 Å². The molecule has 0 radical (unpaired) electrons. The van der Waals surface area contributed by atoms with Gasteiger partial charge in [-0.15, -0.1) is 0 Å². The summed E-state index contributed by atoms with van der Waals surface area (Å²) in [7, 11) is 0. The van der Waals surface area contributed by atoms with Gasteiger partial charge in [-0.3, -0.25) is 0 Å². The lowest BCUT2D eigenvalue weighted by Crippen LogP contribution is -2.12. The van der Waals surface area contributed by atoms with E-state index in [0.717, 1.165) is 12.0 Å². The van der Waals surface area contributed by atoms with E-state index in [9.17, 15) is 4.79 Å². The van der Waals surface area contributed by atoms with Gasteiger partial charge in [0.1, 0.15) is 11.9 Å². The van der Waals surface area contributed by atoms with Gasteiger partial charge < -0.3 is 9.47 Å². The standard InChI is InChI=1S/C21H22O3/c1-3-23-21(22)19-14-18(13-16-11-9-15(2)10-12-16)24-20(19)17-7-5-4-6-8-17/h4-12,18H,3,13-14H2,1-2H3. The molecule has 24 heavy (non-hydrogen) atoms. The molecule has 1 unspecified atom stereocenters. The van der Waals surface area contributed by atoms with Crippen LogP contribution in [0.15, 0.2) is 60.2 Å². The van der Waals surface area contributed by atoms with Gasteiger partial charge in [0.2, 0.25) is 0 Å². The number of carbonyl (C=O) groups excluding carboxylic acids is 1. The lowest BCUT2D eigenvalue weighted by Gasteiger charge is -2.13. The van der Waals surface area contributed by atoms with Gasteiger partial charge in [-0.05, 0) is 19.4 Å². The number of hydrogen-bond acceptors (Lipinski definition) is 3. The summed E-state index contributed by atoms with van der Waals surface area (Å²) >= 11 is 0. The van der Waals surface area contributed by atoms with Crippen LogP contribution in [0, 0.1) is 6.92 Å². The molecule has 0 saturated heterocycles. The van der Waals surface area contributed by atoms with E-state index in [4.69, 9.17) is 9.47 Å². The van der Waals surface area contributed by atoms with Gasteiger partial charge in [0.25, 0.3) is 0 Å².